The van der Waals surface area contributed by atoms with E-state index >= 15 is 0 Å². The zero-order valence-electron chi connectivity index (χ0n) is 12.1. The van der Waals surface area contributed by atoms with Crippen LogP contribution in [0.25, 0.3) is 0 Å². The third-order valence-electron chi connectivity index (χ3n) is 4.74. The molecule has 2 aliphatic rings. The molecule has 2 fully saturated rings. The number of alkyl halides is 3. The molecule has 3 unspecified atom stereocenters. The van der Waals surface area contributed by atoms with Crippen molar-refractivity contribution in [3.63, 3.8) is 0 Å². The minimum Gasteiger partial charge on any atom is -0.327 e. The Morgan fingerprint density at radius 1 is 1.22 bits per heavy atom. The third kappa shape index (κ3) is 2.97. The maximum Gasteiger partial charge on any atom is 0.417 e. The fourth-order valence-corrected chi connectivity index (χ4v) is 5.45. The van der Waals surface area contributed by atoms with Crippen molar-refractivity contribution < 1.29 is 21.6 Å². The molecule has 3 rings (SSSR count). The highest BCUT2D eigenvalue weighted by Crippen LogP contribution is 2.42. The summed E-state index contributed by atoms with van der Waals surface area (Å²) in [5.74, 6) is 0.146. The molecule has 1 aromatic carbocycles. The van der Waals surface area contributed by atoms with Crippen LogP contribution in [0.5, 0.6) is 0 Å². The van der Waals surface area contributed by atoms with E-state index in [1.165, 1.54) is 0 Å². The normalized spacial score (nSPS) is 29.0. The maximum atomic E-state index is 13.2. The van der Waals surface area contributed by atoms with E-state index in [9.17, 15) is 21.6 Å². The van der Waals surface area contributed by atoms with Gasteiger partial charge in [-0.05, 0) is 42.9 Å². The zero-order valence-corrected chi connectivity index (χ0v) is 13.6. The smallest absolute Gasteiger partial charge is 0.327 e. The highest BCUT2D eigenvalue weighted by molar-refractivity contribution is 7.89. The van der Waals surface area contributed by atoms with Crippen LogP contribution in [0, 0.1) is 11.8 Å². The van der Waals surface area contributed by atoms with Gasteiger partial charge in [-0.15, -0.1) is 0 Å². The van der Waals surface area contributed by atoms with Crippen molar-refractivity contribution in [3.05, 3.63) is 28.8 Å². The van der Waals surface area contributed by atoms with E-state index in [1.807, 2.05) is 0 Å². The van der Waals surface area contributed by atoms with Crippen molar-refractivity contribution in [2.45, 2.75) is 30.0 Å². The summed E-state index contributed by atoms with van der Waals surface area (Å²) < 4.78 is 66.0. The van der Waals surface area contributed by atoms with Gasteiger partial charge in [-0.2, -0.15) is 17.5 Å². The summed E-state index contributed by atoms with van der Waals surface area (Å²) in [7, 11) is -4.24. The van der Waals surface area contributed by atoms with E-state index < -0.39 is 26.7 Å². The van der Waals surface area contributed by atoms with Gasteiger partial charge in [0.25, 0.3) is 0 Å². The van der Waals surface area contributed by atoms with Crippen LogP contribution in [0.4, 0.5) is 13.2 Å². The molecule has 1 saturated carbocycles. The number of fused-ring (bicyclic) bond motifs is 1. The van der Waals surface area contributed by atoms with Crippen LogP contribution in [0.1, 0.15) is 18.4 Å². The predicted molar refractivity (Wildman–Crippen MR) is 79.4 cm³/mol. The van der Waals surface area contributed by atoms with Crippen LogP contribution in [-0.4, -0.2) is 31.9 Å². The molecule has 4 nitrogen and oxygen atoms in total. The Bertz CT molecular complexity index is 723. The lowest BCUT2D eigenvalue weighted by Crippen LogP contribution is -2.34. The molecule has 3 atom stereocenters. The third-order valence-corrected chi connectivity index (χ3v) is 6.87. The highest BCUT2D eigenvalue weighted by Gasteiger charge is 2.47. The molecular weight excluding hydrogens is 353 g/mol. The van der Waals surface area contributed by atoms with E-state index in [4.69, 9.17) is 17.3 Å². The van der Waals surface area contributed by atoms with Gasteiger partial charge in [0.15, 0.2) is 0 Å². The fraction of sp³-hybridized carbons (Fsp3) is 0.571. The molecule has 1 aliphatic heterocycles. The number of nitrogens with zero attached hydrogens (tertiary/aromatic N) is 1. The Balaban J connectivity index is 1.98. The number of benzene rings is 1. The van der Waals surface area contributed by atoms with Gasteiger partial charge in [0.2, 0.25) is 10.0 Å². The topological polar surface area (TPSA) is 63.4 Å². The molecule has 1 saturated heterocycles. The van der Waals surface area contributed by atoms with Gasteiger partial charge in [-0.25, -0.2) is 8.42 Å². The Morgan fingerprint density at radius 2 is 1.91 bits per heavy atom. The Hall–Kier alpha value is -0.830. The minimum absolute atomic E-state index is 0.0198. The van der Waals surface area contributed by atoms with Crippen LogP contribution in [0.2, 0.25) is 5.02 Å². The number of hydrogen-bond donors (Lipinski definition) is 1. The molecule has 0 bridgehead atoms. The highest BCUT2D eigenvalue weighted by atomic mass is 35.5. The van der Waals surface area contributed by atoms with E-state index in [0.717, 1.165) is 29.3 Å². The summed E-state index contributed by atoms with van der Waals surface area (Å²) in [6, 6.07) is 2.64. The predicted octanol–water partition coefficient (Wildman–Crippen LogP) is 2.72. The van der Waals surface area contributed by atoms with Crippen LogP contribution >= 0.6 is 11.6 Å². The van der Waals surface area contributed by atoms with Crippen LogP contribution in [-0.2, 0) is 16.2 Å². The molecule has 1 aliphatic carbocycles. The lowest BCUT2D eigenvalue weighted by molar-refractivity contribution is -0.139. The van der Waals surface area contributed by atoms with Gasteiger partial charge in [0, 0.05) is 24.2 Å². The van der Waals surface area contributed by atoms with Crippen molar-refractivity contribution in [3.8, 4) is 0 Å². The van der Waals surface area contributed by atoms with E-state index in [0.29, 0.717) is 6.07 Å². The summed E-state index contributed by atoms with van der Waals surface area (Å²) in [5.41, 5.74) is 4.73. The zero-order chi connectivity index (χ0) is 17.0. The second-order valence-electron chi connectivity index (χ2n) is 6.13. The molecular formula is C14H16ClF3N2O2S. The van der Waals surface area contributed by atoms with Gasteiger partial charge in [0.05, 0.1) is 10.5 Å². The second kappa shape index (κ2) is 5.61. The van der Waals surface area contributed by atoms with Gasteiger partial charge in [-0.3, -0.25) is 0 Å². The van der Waals surface area contributed by atoms with Crippen LogP contribution in [0.3, 0.4) is 0 Å². The average Bonchev–Trinajstić information content (AvgIpc) is 3.00. The number of rotatable bonds is 2. The summed E-state index contributed by atoms with van der Waals surface area (Å²) in [4.78, 5) is -0.747. The number of sulfonamides is 1. The van der Waals surface area contributed by atoms with E-state index in [-0.39, 0.29) is 36.0 Å². The van der Waals surface area contributed by atoms with Crippen molar-refractivity contribution in [2.24, 2.45) is 17.6 Å². The lowest BCUT2D eigenvalue weighted by atomic mass is 9.98. The van der Waals surface area contributed by atoms with Gasteiger partial charge >= 0.3 is 6.18 Å². The Morgan fingerprint density at radius 3 is 2.52 bits per heavy atom. The number of halogens is 4. The molecule has 9 heteroatoms. The van der Waals surface area contributed by atoms with Gasteiger partial charge in [-0.1, -0.05) is 11.6 Å². The standard InChI is InChI=1S/C14H16ClF3N2O2S/c15-9-2-4-13(11(5-9)14(16,17)18)23(21,22)20-6-8-1-3-12(19)10(8)7-20/h2,4-5,8,10,12H,1,3,6-7,19H2. The van der Waals surface area contributed by atoms with Crippen molar-refractivity contribution in [1.82, 2.24) is 4.31 Å². The summed E-state index contributed by atoms with van der Waals surface area (Å²) in [6.07, 6.45) is -3.15. The second-order valence-corrected chi connectivity index (χ2v) is 8.47. The van der Waals surface area contributed by atoms with E-state index in [2.05, 4.69) is 0 Å². The lowest BCUT2D eigenvalue weighted by Gasteiger charge is -2.21. The Labute approximate surface area is 137 Å². The molecule has 0 radical (unpaired) electrons. The SMILES string of the molecule is NC1CCC2CN(S(=O)(=O)c3ccc(Cl)cc3C(F)(F)F)CC12. The molecule has 23 heavy (non-hydrogen) atoms. The monoisotopic (exact) mass is 368 g/mol. The first-order chi connectivity index (χ1) is 10.6. The first kappa shape index (κ1) is 17.0. The number of hydrogen-bond acceptors (Lipinski definition) is 3. The van der Waals surface area contributed by atoms with E-state index in [1.54, 1.807) is 0 Å². The molecule has 128 valence electrons. The number of nitrogens with two attached hydrogens (primary N) is 1. The van der Waals surface area contributed by atoms with Crippen molar-refractivity contribution in [1.29, 1.82) is 0 Å². The molecule has 1 aromatic rings. The summed E-state index contributed by atoms with van der Waals surface area (Å²) in [6.45, 7) is 0.398. The van der Waals surface area contributed by atoms with Crippen molar-refractivity contribution >= 4 is 21.6 Å². The largest absolute Gasteiger partial charge is 0.417 e. The van der Waals surface area contributed by atoms with Crippen LogP contribution < -0.4 is 5.73 Å². The summed E-state index contributed by atoms with van der Waals surface area (Å²) in [5, 5.41) is -0.156. The Kier molecular flexibility index (Phi) is 4.15. The maximum absolute atomic E-state index is 13.2. The molecule has 1 heterocycles. The van der Waals surface area contributed by atoms with Gasteiger partial charge < -0.3 is 5.73 Å². The average molecular weight is 369 g/mol. The molecule has 2 N–H and O–H groups in total. The first-order valence-corrected chi connectivity index (χ1v) is 9.05. The fourth-order valence-electron chi connectivity index (χ4n) is 3.55. The van der Waals surface area contributed by atoms with Gasteiger partial charge in [0.1, 0.15) is 0 Å². The van der Waals surface area contributed by atoms with Crippen LogP contribution in [0.15, 0.2) is 23.1 Å². The minimum atomic E-state index is -4.79. The molecule has 0 spiro atoms. The summed E-state index contributed by atoms with van der Waals surface area (Å²) >= 11 is 5.60. The first-order valence-electron chi connectivity index (χ1n) is 7.23. The molecule has 0 amide bonds. The quantitative estimate of drug-likeness (QED) is 0.873. The van der Waals surface area contributed by atoms with Crippen molar-refractivity contribution in [2.75, 3.05) is 13.1 Å². The molecule has 0 aromatic heterocycles.